The van der Waals surface area contributed by atoms with Gasteiger partial charge in [-0.2, -0.15) is 5.10 Å². The van der Waals surface area contributed by atoms with E-state index in [2.05, 4.69) is 26.1 Å². The van der Waals surface area contributed by atoms with Gasteiger partial charge in [0.1, 0.15) is 12.3 Å². The largest absolute Gasteiger partial charge is 0.497 e. The quantitative estimate of drug-likeness (QED) is 0.580. The Bertz CT molecular complexity index is 997. The lowest BCUT2D eigenvalue weighted by atomic mass is 10.2. The Morgan fingerprint density at radius 1 is 1.26 bits per heavy atom. The van der Waals surface area contributed by atoms with Crippen LogP contribution in [0, 0.1) is 4.77 Å². The zero-order valence-corrected chi connectivity index (χ0v) is 17.4. The SMILES string of the molecule is COc1ccc(-c2n[nH]c(=S)n2CC(=O)N(C)Cc2ccccc2Br)cc1. The molecule has 27 heavy (non-hydrogen) atoms. The van der Waals surface area contributed by atoms with Crippen LogP contribution in [0.5, 0.6) is 5.75 Å². The molecule has 0 spiro atoms. The van der Waals surface area contributed by atoms with Gasteiger partial charge in [-0.1, -0.05) is 34.1 Å². The summed E-state index contributed by atoms with van der Waals surface area (Å²) in [6.45, 7) is 0.612. The second-order valence-corrected chi connectivity index (χ2v) is 7.25. The molecule has 0 fully saturated rings. The van der Waals surface area contributed by atoms with Gasteiger partial charge in [0.25, 0.3) is 0 Å². The van der Waals surface area contributed by atoms with Crippen molar-refractivity contribution in [3.05, 3.63) is 63.3 Å². The van der Waals surface area contributed by atoms with Crippen molar-refractivity contribution in [2.24, 2.45) is 0 Å². The molecule has 0 saturated carbocycles. The normalized spacial score (nSPS) is 10.6. The van der Waals surface area contributed by atoms with Gasteiger partial charge in [-0.05, 0) is 48.1 Å². The van der Waals surface area contributed by atoms with Crippen LogP contribution < -0.4 is 4.74 Å². The molecule has 0 unspecified atom stereocenters. The smallest absolute Gasteiger partial charge is 0.242 e. The topological polar surface area (TPSA) is 63.1 Å². The fraction of sp³-hybridized carbons (Fsp3) is 0.211. The van der Waals surface area contributed by atoms with Gasteiger partial charge in [-0.3, -0.25) is 14.5 Å². The number of amides is 1. The second-order valence-electron chi connectivity index (χ2n) is 6.01. The van der Waals surface area contributed by atoms with E-state index >= 15 is 0 Å². The number of ether oxygens (including phenoxy) is 1. The molecule has 0 atom stereocenters. The number of likely N-dealkylation sites (N-methyl/N-ethyl adjacent to an activating group) is 1. The molecule has 1 aromatic heterocycles. The van der Waals surface area contributed by atoms with E-state index in [0.717, 1.165) is 21.3 Å². The molecule has 3 rings (SSSR count). The predicted molar refractivity (Wildman–Crippen MR) is 110 cm³/mol. The zero-order valence-electron chi connectivity index (χ0n) is 15.0. The number of hydrogen-bond acceptors (Lipinski definition) is 4. The van der Waals surface area contributed by atoms with Gasteiger partial charge in [0.05, 0.1) is 7.11 Å². The van der Waals surface area contributed by atoms with Crippen molar-refractivity contribution >= 4 is 34.1 Å². The van der Waals surface area contributed by atoms with Gasteiger partial charge >= 0.3 is 0 Å². The van der Waals surface area contributed by atoms with Crippen molar-refractivity contribution in [2.45, 2.75) is 13.1 Å². The number of hydrogen-bond donors (Lipinski definition) is 1. The Morgan fingerprint density at radius 2 is 1.96 bits per heavy atom. The van der Waals surface area contributed by atoms with E-state index in [1.165, 1.54) is 0 Å². The molecule has 3 aromatic rings. The third kappa shape index (κ3) is 4.45. The van der Waals surface area contributed by atoms with Crippen molar-refractivity contribution in [3.63, 3.8) is 0 Å². The van der Waals surface area contributed by atoms with Gasteiger partial charge < -0.3 is 9.64 Å². The first kappa shape index (κ1) is 19.3. The summed E-state index contributed by atoms with van der Waals surface area (Å²) in [4.78, 5) is 14.4. The molecular formula is C19H19BrN4O2S. The van der Waals surface area contributed by atoms with Crippen molar-refractivity contribution in [3.8, 4) is 17.1 Å². The summed E-state index contributed by atoms with van der Waals surface area (Å²) in [7, 11) is 3.39. The highest BCUT2D eigenvalue weighted by Gasteiger charge is 2.16. The minimum absolute atomic E-state index is 0.0574. The van der Waals surface area contributed by atoms with Gasteiger partial charge in [0.15, 0.2) is 10.6 Å². The average Bonchev–Trinajstić information content (AvgIpc) is 3.04. The average molecular weight is 447 g/mol. The lowest BCUT2D eigenvalue weighted by Gasteiger charge is -2.19. The van der Waals surface area contributed by atoms with Crippen LogP contribution in [0.3, 0.4) is 0 Å². The maximum atomic E-state index is 12.7. The highest BCUT2D eigenvalue weighted by atomic mass is 79.9. The summed E-state index contributed by atoms with van der Waals surface area (Å²) < 4.78 is 8.27. The third-order valence-corrected chi connectivity index (χ3v) is 5.28. The van der Waals surface area contributed by atoms with E-state index in [1.807, 2.05) is 48.5 Å². The summed E-state index contributed by atoms with van der Waals surface area (Å²) in [6, 6.07) is 15.3. The summed E-state index contributed by atoms with van der Waals surface area (Å²) in [6.07, 6.45) is 0. The zero-order chi connectivity index (χ0) is 19.4. The van der Waals surface area contributed by atoms with Crippen LogP contribution in [0.25, 0.3) is 11.4 Å². The maximum Gasteiger partial charge on any atom is 0.242 e. The van der Waals surface area contributed by atoms with Gasteiger partial charge in [0.2, 0.25) is 5.91 Å². The fourth-order valence-corrected chi connectivity index (χ4v) is 3.26. The molecule has 0 saturated heterocycles. The number of rotatable bonds is 6. The first-order valence-corrected chi connectivity index (χ1v) is 9.46. The fourth-order valence-electron chi connectivity index (χ4n) is 2.65. The number of methoxy groups -OCH3 is 1. The Balaban J connectivity index is 1.79. The van der Waals surface area contributed by atoms with Crippen molar-refractivity contribution < 1.29 is 9.53 Å². The first-order chi connectivity index (χ1) is 13.0. The predicted octanol–water partition coefficient (Wildman–Crippen LogP) is 4.04. The Kier molecular flexibility index (Phi) is 6.08. The van der Waals surface area contributed by atoms with Crippen LogP contribution in [0.4, 0.5) is 0 Å². The molecular weight excluding hydrogens is 428 g/mol. The van der Waals surface area contributed by atoms with Crippen LogP contribution in [0.15, 0.2) is 53.0 Å². The molecule has 8 heteroatoms. The number of aromatic amines is 1. The molecule has 1 N–H and O–H groups in total. The second kappa shape index (κ2) is 8.49. The molecule has 140 valence electrons. The molecule has 1 heterocycles. The molecule has 0 aliphatic rings. The first-order valence-electron chi connectivity index (χ1n) is 8.26. The van der Waals surface area contributed by atoms with E-state index < -0.39 is 0 Å². The Labute approximate surface area is 170 Å². The minimum Gasteiger partial charge on any atom is -0.497 e. The van der Waals surface area contributed by atoms with Gasteiger partial charge in [-0.15, -0.1) is 0 Å². The van der Waals surface area contributed by atoms with Crippen LogP contribution in [0.2, 0.25) is 0 Å². The summed E-state index contributed by atoms with van der Waals surface area (Å²) in [5.41, 5.74) is 1.89. The molecule has 0 bridgehead atoms. The molecule has 2 aromatic carbocycles. The highest BCUT2D eigenvalue weighted by Crippen LogP contribution is 2.21. The number of nitrogens with one attached hydrogen (secondary N) is 1. The Morgan fingerprint density at radius 3 is 2.63 bits per heavy atom. The monoisotopic (exact) mass is 446 g/mol. The molecule has 6 nitrogen and oxygen atoms in total. The standard InChI is InChI=1S/C19H19BrN4O2S/c1-23(11-14-5-3-4-6-16(14)20)17(25)12-24-18(21-22-19(24)27)13-7-9-15(26-2)10-8-13/h3-10H,11-12H2,1-2H3,(H,22,27). The van der Waals surface area contributed by atoms with Gasteiger partial charge in [-0.25, -0.2) is 0 Å². The van der Waals surface area contributed by atoms with E-state index in [4.69, 9.17) is 17.0 Å². The van der Waals surface area contributed by atoms with Crippen LogP contribution in [-0.2, 0) is 17.9 Å². The molecule has 0 radical (unpaired) electrons. The summed E-state index contributed by atoms with van der Waals surface area (Å²) in [5, 5.41) is 7.05. The molecule has 0 aliphatic heterocycles. The van der Waals surface area contributed by atoms with Gasteiger partial charge in [0, 0.05) is 23.6 Å². The minimum atomic E-state index is -0.0574. The summed E-state index contributed by atoms with van der Waals surface area (Å²) >= 11 is 8.83. The number of carbonyl (C=O) groups is 1. The van der Waals surface area contributed by atoms with E-state index in [9.17, 15) is 4.79 Å². The third-order valence-electron chi connectivity index (χ3n) is 4.19. The number of aromatic nitrogens is 3. The van der Waals surface area contributed by atoms with E-state index in [1.54, 1.807) is 23.6 Å². The van der Waals surface area contributed by atoms with Crippen molar-refractivity contribution in [1.82, 2.24) is 19.7 Å². The number of halogens is 1. The Hall–Kier alpha value is -2.45. The van der Waals surface area contributed by atoms with Crippen LogP contribution in [-0.4, -0.2) is 39.7 Å². The lowest BCUT2D eigenvalue weighted by molar-refractivity contribution is -0.131. The number of benzene rings is 2. The lowest BCUT2D eigenvalue weighted by Crippen LogP contribution is -2.30. The maximum absolute atomic E-state index is 12.7. The highest BCUT2D eigenvalue weighted by molar-refractivity contribution is 9.10. The van der Waals surface area contributed by atoms with Crippen LogP contribution in [0.1, 0.15) is 5.56 Å². The number of carbonyl (C=O) groups excluding carboxylic acids is 1. The molecule has 0 aliphatic carbocycles. The van der Waals surface area contributed by atoms with E-state index in [-0.39, 0.29) is 12.5 Å². The summed E-state index contributed by atoms with van der Waals surface area (Å²) in [5.74, 6) is 1.31. The van der Waals surface area contributed by atoms with Crippen LogP contribution >= 0.6 is 28.1 Å². The van der Waals surface area contributed by atoms with E-state index in [0.29, 0.717) is 17.1 Å². The van der Waals surface area contributed by atoms with Crippen molar-refractivity contribution in [1.29, 1.82) is 0 Å². The van der Waals surface area contributed by atoms with Crippen molar-refractivity contribution in [2.75, 3.05) is 14.2 Å². The molecule has 1 amide bonds. The number of H-pyrrole nitrogens is 1. The number of nitrogens with zero attached hydrogens (tertiary/aromatic N) is 3.